The number of carbonyl (C=O) groups excluding carboxylic acids is 4. The standard InChI is InChI=1S/C30H37FN4O6/c31-22-14-11-20(12-15-22)13-16-27(38)33-25(18-36)30(41)34-24(17-21-7-3-1-4-8-21)28(39)35-26(19-37)29(40)32-23-9-5-2-6-10-23/h1,3-4,7-8,11-16,23-26,36-37H,2,5-6,9-10,17-19H2,(H,32,40)(H,33,38)(H,34,41)(H,35,39)/b16-13+/t24-,25-,26-/m0/s1. The summed E-state index contributed by atoms with van der Waals surface area (Å²) in [5.41, 5.74) is 1.27. The van der Waals surface area contributed by atoms with E-state index < -0.39 is 60.8 Å². The molecule has 1 fully saturated rings. The quantitative estimate of drug-likeness (QED) is 0.198. The normalized spacial score (nSPS) is 15.9. The van der Waals surface area contributed by atoms with Crippen molar-refractivity contribution in [2.75, 3.05) is 13.2 Å². The van der Waals surface area contributed by atoms with Crippen LogP contribution in [-0.2, 0) is 25.6 Å². The first kappa shape index (κ1) is 31.4. The molecule has 1 aliphatic rings. The van der Waals surface area contributed by atoms with E-state index >= 15 is 0 Å². The van der Waals surface area contributed by atoms with E-state index in [2.05, 4.69) is 21.3 Å². The zero-order valence-corrected chi connectivity index (χ0v) is 22.7. The average molecular weight is 569 g/mol. The Hall–Kier alpha value is -4.09. The van der Waals surface area contributed by atoms with Crippen LogP contribution in [0.15, 0.2) is 60.7 Å². The second kappa shape index (κ2) is 16.2. The second-order valence-corrected chi connectivity index (χ2v) is 9.97. The second-order valence-electron chi connectivity index (χ2n) is 9.97. The van der Waals surface area contributed by atoms with E-state index in [9.17, 15) is 33.8 Å². The summed E-state index contributed by atoms with van der Waals surface area (Å²) in [4.78, 5) is 51.4. The monoisotopic (exact) mass is 568 g/mol. The fourth-order valence-electron chi connectivity index (χ4n) is 4.51. The highest BCUT2D eigenvalue weighted by molar-refractivity contribution is 5.97. The van der Waals surface area contributed by atoms with E-state index in [1.54, 1.807) is 30.3 Å². The zero-order chi connectivity index (χ0) is 29.6. The minimum Gasteiger partial charge on any atom is -0.394 e. The van der Waals surface area contributed by atoms with Gasteiger partial charge in [-0.1, -0.05) is 61.7 Å². The molecule has 0 unspecified atom stereocenters. The summed E-state index contributed by atoms with van der Waals surface area (Å²) >= 11 is 0. The molecule has 11 heteroatoms. The summed E-state index contributed by atoms with van der Waals surface area (Å²) in [6.45, 7) is -1.38. The smallest absolute Gasteiger partial charge is 0.245 e. The SMILES string of the molecule is O=C(/C=C/c1ccc(F)cc1)N[C@@H](CO)C(=O)N[C@@H](Cc1ccccc1)C(=O)N[C@@H](CO)C(=O)NC1CCCCC1. The highest BCUT2D eigenvalue weighted by Crippen LogP contribution is 2.17. The molecule has 1 aliphatic carbocycles. The van der Waals surface area contributed by atoms with Gasteiger partial charge in [0.15, 0.2) is 0 Å². The van der Waals surface area contributed by atoms with Crippen molar-refractivity contribution in [3.63, 3.8) is 0 Å². The molecule has 4 amide bonds. The molecule has 0 saturated heterocycles. The van der Waals surface area contributed by atoms with Crippen LogP contribution in [0.25, 0.3) is 6.08 Å². The van der Waals surface area contributed by atoms with Crippen molar-refractivity contribution in [1.29, 1.82) is 0 Å². The lowest BCUT2D eigenvalue weighted by atomic mass is 9.95. The third kappa shape index (κ3) is 10.4. The number of aliphatic hydroxyl groups is 2. The molecule has 0 aliphatic heterocycles. The predicted octanol–water partition coefficient (Wildman–Crippen LogP) is 0.970. The molecule has 0 aromatic heterocycles. The van der Waals surface area contributed by atoms with Gasteiger partial charge in [0, 0.05) is 18.5 Å². The minimum absolute atomic E-state index is 0.0203. The molecule has 3 atom stereocenters. The molecule has 0 heterocycles. The van der Waals surface area contributed by atoms with Crippen LogP contribution in [0.2, 0.25) is 0 Å². The van der Waals surface area contributed by atoms with Crippen LogP contribution < -0.4 is 21.3 Å². The van der Waals surface area contributed by atoms with Crippen molar-refractivity contribution in [2.45, 2.75) is 62.7 Å². The predicted molar refractivity (Wildman–Crippen MR) is 151 cm³/mol. The molecule has 0 bridgehead atoms. The first-order valence-corrected chi connectivity index (χ1v) is 13.7. The number of amides is 4. The molecule has 1 saturated carbocycles. The molecule has 2 aromatic carbocycles. The highest BCUT2D eigenvalue weighted by Gasteiger charge is 2.30. The lowest BCUT2D eigenvalue weighted by molar-refractivity contribution is -0.134. The Morgan fingerprint density at radius 1 is 0.780 bits per heavy atom. The number of nitrogens with one attached hydrogen (secondary N) is 4. The fourth-order valence-corrected chi connectivity index (χ4v) is 4.51. The summed E-state index contributed by atoms with van der Waals surface area (Å²) in [5.74, 6) is -3.15. The number of benzene rings is 2. The Balaban J connectivity index is 1.66. The van der Waals surface area contributed by atoms with Gasteiger partial charge in [-0.25, -0.2) is 4.39 Å². The van der Waals surface area contributed by atoms with Crippen LogP contribution in [0.1, 0.15) is 43.2 Å². The van der Waals surface area contributed by atoms with Gasteiger partial charge in [-0.3, -0.25) is 19.2 Å². The van der Waals surface area contributed by atoms with E-state index in [0.717, 1.165) is 38.2 Å². The largest absolute Gasteiger partial charge is 0.394 e. The molecule has 220 valence electrons. The lowest BCUT2D eigenvalue weighted by Gasteiger charge is -2.27. The van der Waals surface area contributed by atoms with Gasteiger partial charge in [-0.15, -0.1) is 0 Å². The third-order valence-electron chi connectivity index (χ3n) is 6.80. The maximum absolute atomic E-state index is 13.3. The third-order valence-corrected chi connectivity index (χ3v) is 6.80. The van der Waals surface area contributed by atoms with Crippen LogP contribution in [0.3, 0.4) is 0 Å². The van der Waals surface area contributed by atoms with E-state index in [1.807, 2.05) is 0 Å². The molecule has 41 heavy (non-hydrogen) atoms. The molecule has 3 rings (SSSR count). The topological polar surface area (TPSA) is 157 Å². The summed E-state index contributed by atoms with van der Waals surface area (Å²) in [6, 6.07) is 10.5. The number of rotatable bonds is 13. The molecule has 2 aromatic rings. The summed E-state index contributed by atoms with van der Waals surface area (Å²) < 4.78 is 13.1. The van der Waals surface area contributed by atoms with Gasteiger partial charge in [0.2, 0.25) is 23.6 Å². The van der Waals surface area contributed by atoms with Crippen LogP contribution >= 0.6 is 0 Å². The van der Waals surface area contributed by atoms with Crippen molar-refractivity contribution < 1.29 is 33.8 Å². The lowest BCUT2D eigenvalue weighted by Crippen LogP contribution is -2.59. The molecule has 0 spiro atoms. The Bertz CT molecular complexity index is 1190. The number of hydrogen-bond donors (Lipinski definition) is 6. The van der Waals surface area contributed by atoms with Crippen LogP contribution in [-0.4, -0.2) is 71.2 Å². The van der Waals surface area contributed by atoms with Crippen molar-refractivity contribution in [3.8, 4) is 0 Å². The van der Waals surface area contributed by atoms with Crippen molar-refractivity contribution >= 4 is 29.7 Å². The molecule has 6 N–H and O–H groups in total. The first-order valence-electron chi connectivity index (χ1n) is 13.7. The number of hydrogen-bond acceptors (Lipinski definition) is 6. The van der Waals surface area contributed by atoms with Gasteiger partial charge in [-0.2, -0.15) is 0 Å². The molecular formula is C30H37FN4O6. The Kier molecular flexibility index (Phi) is 12.5. The van der Waals surface area contributed by atoms with E-state index in [0.29, 0.717) is 11.1 Å². The number of carbonyl (C=O) groups is 4. The summed E-state index contributed by atoms with van der Waals surface area (Å²) in [6.07, 6.45) is 7.36. The van der Waals surface area contributed by atoms with Crippen molar-refractivity contribution in [3.05, 3.63) is 77.6 Å². The van der Waals surface area contributed by atoms with Gasteiger partial charge in [0.05, 0.1) is 13.2 Å². The van der Waals surface area contributed by atoms with Crippen molar-refractivity contribution in [1.82, 2.24) is 21.3 Å². The van der Waals surface area contributed by atoms with Gasteiger partial charge in [0.25, 0.3) is 0 Å². The summed E-state index contributed by atoms with van der Waals surface area (Å²) in [5, 5.41) is 29.9. The van der Waals surface area contributed by atoms with Crippen LogP contribution in [0.4, 0.5) is 4.39 Å². The van der Waals surface area contributed by atoms with Gasteiger partial charge in [0.1, 0.15) is 23.9 Å². The minimum atomic E-state index is -1.38. The van der Waals surface area contributed by atoms with E-state index in [1.165, 1.54) is 30.3 Å². The average Bonchev–Trinajstić information content (AvgIpc) is 2.98. The molecule has 10 nitrogen and oxygen atoms in total. The van der Waals surface area contributed by atoms with Crippen LogP contribution in [0, 0.1) is 5.82 Å². The Morgan fingerprint density at radius 3 is 2.00 bits per heavy atom. The number of halogens is 1. The van der Waals surface area contributed by atoms with Crippen molar-refractivity contribution in [2.24, 2.45) is 0 Å². The fraction of sp³-hybridized carbons (Fsp3) is 0.400. The zero-order valence-electron chi connectivity index (χ0n) is 22.7. The molecular weight excluding hydrogens is 531 g/mol. The number of aliphatic hydroxyl groups excluding tert-OH is 2. The Morgan fingerprint density at radius 2 is 1.37 bits per heavy atom. The van der Waals surface area contributed by atoms with E-state index in [4.69, 9.17) is 0 Å². The maximum atomic E-state index is 13.3. The van der Waals surface area contributed by atoms with Gasteiger partial charge < -0.3 is 31.5 Å². The highest BCUT2D eigenvalue weighted by atomic mass is 19.1. The van der Waals surface area contributed by atoms with Crippen LogP contribution in [0.5, 0.6) is 0 Å². The first-order chi connectivity index (χ1) is 19.8. The summed E-state index contributed by atoms with van der Waals surface area (Å²) in [7, 11) is 0. The van der Waals surface area contributed by atoms with Gasteiger partial charge >= 0.3 is 0 Å². The Labute approximate surface area is 238 Å². The maximum Gasteiger partial charge on any atom is 0.245 e. The molecule has 0 radical (unpaired) electrons. The van der Waals surface area contributed by atoms with E-state index in [-0.39, 0.29) is 12.5 Å². The van der Waals surface area contributed by atoms with Gasteiger partial charge in [-0.05, 0) is 42.2 Å².